The minimum Gasteiger partial charge on any atom is -0.338 e. The van der Waals surface area contributed by atoms with Crippen LogP contribution in [0.4, 0.5) is 4.79 Å². The van der Waals surface area contributed by atoms with Gasteiger partial charge in [-0.25, -0.2) is 14.5 Å². The molecule has 0 aromatic carbocycles. The Morgan fingerprint density at radius 1 is 1.26 bits per heavy atom. The van der Waals surface area contributed by atoms with Gasteiger partial charge >= 0.3 is 6.03 Å². The predicted molar refractivity (Wildman–Crippen MR) is 95.3 cm³/mol. The summed E-state index contributed by atoms with van der Waals surface area (Å²) >= 11 is 0. The zero-order valence-electron chi connectivity index (χ0n) is 14.9. The van der Waals surface area contributed by atoms with Crippen LogP contribution in [0.1, 0.15) is 35.8 Å². The number of amides is 4. The molecule has 27 heavy (non-hydrogen) atoms. The standard InChI is InChI=1S/C18H20N6O3/c1-2-13-12(11-20-24(13)14-5-3-4-8-19-14)15(25)23-9-6-18(7-10-23)16(26)21-17(27)22-18/h3-5,8,11H,2,6-7,9-10H2,1H3,(H2,21,22,26,27). The van der Waals surface area contributed by atoms with Crippen LogP contribution < -0.4 is 10.6 Å². The van der Waals surface area contributed by atoms with Crippen molar-refractivity contribution in [3.63, 3.8) is 0 Å². The van der Waals surface area contributed by atoms with Crippen LogP contribution in [0.25, 0.3) is 5.82 Å². The number of likely N-dealkylation sites (tertiary alicyclic amines) is 1. The Labute approximate surface area is 155 Å². The van der Waals surface area contributed by atoms with E-state index in [0.717, 1.165) is 5.69 Å². The largest absolute Gasteiger partial charge is 0.338 e. The number of piperidine rings is 1. The molecule has 0 atom stereocenters. The van der Waals surface area contributed by atoms with E-state index in [2.05, 4.69) is 20.7 Å². The number of nitrogens with one attached hydrogen (secondary N) is 2. The summed E-state index contributed by atoms with van der Waals surface area (Å²) in [6.07, 6.45) is 4.68. The average Bonchev–Trinajstić information content (AvgIpc) is 3.23. The van der Waals surface area contributed by atoms with Crippen molar-refractivity contribution in [2.75, 3.05) is 13.1 Å². The summed E-state index contributed by atoms with van der Waals surface area (Å²) in [4.78, 5) is 42.5. The Bertz CT molecular complexity index is 899. The fourth-order valence-electron chi connectivity index (χ4n) is 3.71. The van der Waals surface area contributed by atoms with Gasteiger partial charge in [-0.3, -0.25) is 14.9 Å². The van der Waals surface area contributed by atoms with Crippen LogP contribution in [0.15, 0.2) is 30.6 Å². The van der Waals surface area contributed by atoms with Gasteiger partial charge in [-0.05, 0) is 31.4 Å². The van der Waals surface area contributed by atoms with Gasteiger partial charge in [0.25, 0.3) is 11.8 Å². The summed E-state index contributed by atoms with van der Waals surface area (Å²) in [6.45, 7) is 2.76. The molecule has 2 aliphatic heterocycles. The normalized spacial score (nSPS) is 18.5. The van der Waals surface area contributed by atoms with Crippen LogP contribution >= 0.6 is 0 Å². The van der Waals surface area contributed by atoms with Crippen LogP contribution in [0.3, 0.4) is 0 Å². The van der Waals surface area contributed by atoms with Gasteiger partial charge in [0.1, 0.15) is 5.54 Å². The molecule has 4 rings (SSSR count). The summed E-state index contributed by atoms with van der Waals surface area (Å²) in [5.74, 6) is 0.238. The molecule has 9 heteroatoms. The van der Waals surface area contributed by atoms with E-state index in [4.69, 9.17) is 0 Å². The molecule has 2 N–H and O–H groups in total. The molecular weight excluding hydrogens is 348 g/mol. The van der Waals surface area contributed by atoms with Crippen molar-refractivity contribution in [2.45, 2.75) is 31.7 Å². The lowest BCUT2D eigenvalue weighted by atomic mass is 9.87. The van der Waals surface area contributed by atoms with Crippen molar-refractivity contribution >= 4 is 17.8 Å². The van der Waals surface area contributed by atoms with Crippen LogP contribution in [-0.2, 0) is 11.2 Å². The van der Waals surface area contributed by atoms with Crippen molar-refractivity contribution in [3.05, 3.63) is 41.9 Å². The summed E-state index contributed by atoms with van der Waals surface area (Å²) < 4.78 is 1.68. The van der Waals surface area contributed by atoms with E-state index >= 15 is 0 Å². The molecule has 2 aromatic rings. The van der Waals surface area contributed by atoms with Crippen LogP contribution in [0.2, 0.25) is 0 Å². The molecule has 2 saturated heterocycles. The molecule has 2 aromatic heterocycles. The molecule has 1 spiro atoms. The maximum atomic E-state index is 13.0. The third-order valence-corrected chi connectivity index (χ3v) is 5.22. The Morgan fingerprint density at radius 3 is 2.63 bits per heavy atom. The lowest BCUT2D eigenvalue weighted by molar-refractivity contribution is -0.125. The monoisotopic (exact) mass is 368 g/mol. The van der Waals surface area contributed by atoms with Gasteiger partial charge in [0.05, 0.1) is 17.5 Å². The predicted octanol–water partition coefficient (Wildman–Crippen LogP) is 0.644. The van der Waals surface area contributed by atoms with E-state index in [1.807, 2.05) is 25.1 Å². The third kappa shape index (κ3) is 2.84. The second-order valence-corrected chi connectivity index (χ2v) is 6.74. The quantitative estimate of drug-likeness (QED) is 0.773. The number of hydrogen-bond donors (Lipinski definition) is 2. The number of carbonyl (C=O) groups excluding carboxylic acids is 3. The first-order chi connectivity index (χ1) is 13.0. The molecule has 9 nitrogen and oxygen atoms in total. The Kier molecular flexibility index (Phi) is 4.14. The Balaban J connectivity index is 1.54. The van der Waals surface area contributed by atoms with Crippen molar-refractivity contribution < 1.29 is 14.4 Å². The van der Waals surface area contributed by atoms with E-state index in [0.29, 0.717) is 43.7 Å². The van der Waals surface area contributed by atoms with Crippen molar-refractivity contribution in [1.82, 2.24) is 30.3 Å². The number of urea groups is 1. The Morgan fingerprint density at radius 2 is 2.04 bits per heavy atom. The topological polar surface area (TPSA) is 109 Å². The minimum absolute atomic E-state index is 0.117. The lowest BCUT2D eigenvalue weighted by Gasteiger charge is -2.36. The molecule has 0 radical (unpaired) electrons. The molecule has 0 saturated carbocycles. The van der Waals surface area contributed by atoms with E-state index in [1.165, 1.54) is 0 Å². The number of hydrogen-bond acceptors (Lipinski definition) is 5. The molecule has 0 unspecified atom stereocenters. The highest BCUT2D eigenvalue weighted by atomic mass is 16.2. The van der Waals surface area contributed by atoms with Gasteiger partial charge in [0, 0.05) is 19.3 Å². The molecule has 0 aliphatic carbocycles. The van der Waals surface area contributed by atoms with Crippen molar-refractivity contribution in [2.24, 2.45) is 0 Å². The minimum atomic E-state index is -0.889. The SMILES string of the molecule is CCc1c(C(=O)N2CCC3(CC2)NC(=O)NC3=O)cnn1-c1ccccn1. The third-order valence-electron chi connectivity index (χ3n) is 5.22. The van der Waals surface area contributed by atoms with Gasteiger partial charge in [0.15, 0.2) is 5.82 Å². The first-order valence-corrected chi connectivity index (χ1v) is 8.95. The lowest BCUT2D eigenvalue weighted by Crippen LogP contribution is -2.55. The first-order valence-electron chi connectivity index (χ1n) is 8.95. The van der Waals surface area contributed by atoms with E-state index in [-0.39, 0.29) is 11.8 Å². The van der Waals surface area contributed by atoms with Gasteiger partial charge in [-0.2, -0.15) is 5.10 Å². The molecule has 2 fully saturated rings. The number of pyridine rings is 1. The summed E-state index contributed by atoms with van der Waals surface area (Å²) in [5, 5.41) is 9.34. The van der Waals surface area contributed by atoms with E-state index < -0.39 is 11.6 Å². The molecule has 140 valence electrons. The van der Waals surface area contributed by atoms with Gasteiger partial charge in [0.2, 0.25) is 0 Å². The highest BCUT2D eigenvalue weighted by Gasteiger charge is 2.48. The maximum absolute atomic E-state index is 13.0. The van der Waals surface area contributed by atoms with Crippen molar-refractivity contribution in [3.8, 4) is 5.82 Å². The maximum Gasteiger partial charge on any atom is 0.322 e. The Hall–Kier alpha value is -3.23. The van der Waals surface area contributed by atoms with Gasteiger partial charge in [-0.15, -0.1) is 0 Å². The van der Waals surface area contributed by atoms with Crippen molar-refractivity contribution in [1.29, 1.82) is 0 Å². The summed E-state index contributed by atoms with van der Waals surface area (Å²) in [7, 11) is 0. The average molecular weight is 368 g/mol. The highest BCUT2D eigenvalue weighted by Crippen LogP contribution is 2.27. The molecule has 0 bridgehead atoms. The highest BCUT2D eigenvalue weighted by molar-refractivity contribution is 6.07. The van der Waals surface area contributed by atoms with Gasteiger partial charge < -0.3 is 10.2 Å². The number of carbonyl (C=O) groups is 3. The van der Waals surface area contributed by atoms with Crippen LogP contribution in [0.5, 0.6) is 0 Å². The second kappa shape index (κ2) is 6.49. The molecule has 2 aliphatic rings. The molecule has 4 heterocycles. The number of nitrogens with zero attached hydrogens (tertiary/aromatic N) is 4. The van der Waals surface area contributed by atoms with Crippen LogP contribution in [-0.4, -0.2) is 56.1 Å². The number of aromatic nitrogens is 3. The van der Waals surface area contributed by atoms with E-state index in [9.17, 15) is 14.4 Å². The molecule has 4 amide bonds. The summed E-state index contributed by atoms with van der Waals surface area (Å²) in [5.41, 5.74) is 0.449. The van der Waals surface area contributed by atoms with Crippen LogP contribution in [0, 0.1) is 0 Å². The zero-order chi connectivity index (χ0) is 19.0. The first kappa shape index (κ1) is 17.2. The van der Waals surface area contributed by atoms with Gasteiger partial charge in [-0.1, -0.05) is 13.0 Å². The smallest absolute Gasteiger partial charge is 0.322 e. The fourth-order valence-corrected chi connectivity index (χ4v) is 3.71. The second-order valence-electron chi connectivity index (χ2n) is 6.74. The fraction of sp³-hybridized carbons (Fsp3) is 0.389. The number of rotatable bonds is 3. The number of imide groups is 1. The zero-order valence-corrected chi connectivity index (χ0v) is 14.9. The molecular formula is C18H20N6O3. The summed E-state index contributed by atoms with van der Waals surface area (Å²) in [6, 6.07) is 5.07. The van der Waals surface area contributed by atoms with E-state index in [1.54, 1.807) is 22.0 Å².